The number of halogens is 1. The summed E-state index contributed by atoms with van der Waals surface area (Å²) in [5, 5.41) is 4.71. The Balaban J connectivity index is 1.50. The van der Waals surface area contributed by atoms with E-state index >= 15 is 0 Å². The van der Waals surface area contributed by atoms with Crippen LogP contribution in [0.2, 0.25) is 0 Å². The maximum Gasteiger partial charge on any atom is 0.227 e. The van der Waals surface area contributed by atoms with E-state index in [4.69, 9.17) is 9.84 Å². The highest BCUT2D eigenvalue weighted by Gasteiger charge is 2.27. The normalized spacial score (nSPS) is 13.2. The molecule has 0 N–H and O–H groups in total. The Morgan fingerprint density at radius 2 is 2.10 bits per heavy atom. The van der Waals surface area contributed by atoms with Crippen LogP contribution in [0.5, 0.6) is 5.88 Å². The zero-order chi connectivity index (χ0) is 21.1. The number of benzene rings is 1. The van der Waals surface area contributed by atoms with Crippen LogP contribution in [-0.4, -0.2) is 32.1 Å². The Morgan fingerprint density at radius 1 is 1.27 bits per heavy atom. The van der Waals surface area contributed by atoms with Gasteiger partial charge < -0.3 is 9.64 Å². The van der Waals surface area contributed by atoms with E-state index < -0.39 is 0 Å². The zero-order valence-corrected chi connectivity index (χ0v) is 17.3. The van der Waals surface area contributed by atoms with E-state index in [1.807, 2.05) is 23.7 Å². The molecular weight excluding hydrogens is 383 g/mol. The van der Waals surface area contributed by atoms with Gasteiger partial charge in [0, 0.05) is 49.6 Å². The first-order valence-electron chi connectivity index (χ1n) is 10.2. The second-order valence-electron chi connectivity index (χ2n) is 7.48. The standard InChI is InChI=1S/C23H25FN4O2/c1-3-28-21-9-11-27(23(29)13-17-6-4-5-7-19(17)24)14-18(21)20(26-28)15-30-22-12-16(2)8-10-25-22/h4-8,10,12H,3,9,11,13-15H2,1-2H3. The summed E-state index contributed by atoms with van der Waals surface area (Å²) in [6, 6.07) is 10.2. The fourth-order valence-corrected chi connectivity index (χ4v) is 3.80. The Hall–Kier alpha value is -3.22. The third-order valence-corrected chi connectivity index (χ3v) is 5.42. The van der Waals surface area contributed by atoms with Crippen molar-refractivity contribution >= 4 is 5.91 Å². The average molecular weight is 408 g/mol. The van der Waals surface area contributed by atoms with E-state index in [0.717, 1.165) is 35.5 Å². The smallest absolute Gasteiger partial charge is 0.227 e. The van der Waals surface area contributed by atoms with Gasteiger partial charge in [-0.05, 0) is 37.1 Å². The lowest BCUT2D eigenvalue weighted by Gasteiger charge is -2.28. The van der Waals surface area contributed by atoms with Crippen LogP contribution in [0.4, 0.5) is 4.39 Å². The summed E-state index contributed by atoms with van der Waals surface area (Å²) in [5.41, 5.74) is 4.48. The third-order valence-electron chi connectivity index (χ3n) is 5.42. The first kappa shape index (κ1) is 20.1. The lowest BCUT2D eigenvalue weighted by Crippen LogP contribution is -2.37. The molecule has 0 radical (unpaired) electrons. The number of nitrogens with zero attached hydrogens (tertiary/aromatic N) is 4. The highest BCUT2D eigenvalue weighted by molar-refractivity contribution is 5.79. The number of aromatic nitrogens is 3. The van der Waals surface area contributed by atoms with Gasteiger partial charge >= 0.3 is 0 Å². The minimum atomic E-state index is -0.345. The third kappa shape index (κ3) is 4.20. The number of pyridine rings is 1. The first-order valence-corrected chi connectivity index (χ1v) is 10.2. The van der Waals surface area contributed by atoms with E-state index in [9.17, 15) is 9.18 Å². The molecule has 7 heteroatoms. The molecule has 4 rings (SSSR count). The number of carbonyl (C=O) groups excluding carboxylic acids is 1. The Labute approximate surface area is 175 Å². The summed E-state index contributed by atoms with van der Waals surface area (Å²) in [6.07, 6.45) is 2.50. The minimum Gasteiger partial charge on any atom is -0.471 e. The molecule has 156 valence electrons. The Bertz CT molecular complexity index is 1060. The van der Waals surface area contributed by atoms with E-state index in [-0.39, 0.29) is 18.1 Å². The topological polar surface area (TPSA) is 60.2 Å². The molecule has 1 aromatic carbocycles. The lowest BCUT2D eigenvalue weighted by molar-refractivity contribution is -0.131. The molecular formula is C23H25FN4O2. The summed E-state index contributed by atoms with van der Waals surface area (Å²) in [7, 11) is 0. The number of hydrogen-bond acceptors (Lipinski definition) is 4. The van der Waals surface area contributed by atoms with Crippen molar-refractivity contribution in [1.29, 1.82) is 0 Å². The molecule has 1 aliphatic heterocycles. The van der Waals surface area contributed by atoms with Gasteiger partial charge in [0.15, 0.2) is 0 Å². The van der Waals surface area contributed by atoms with Crippen molar-refractivity contribution in [2.24, 2.45) is 0 Å². The molecule has 1 amide bonds. The highest BCUT2D eigenvalue weighted by atomic mass is 19.1. The van der Waals surface area contributed by atoms with Crippen molar-refractivity contribution in [2.75, 3.05) is 6.54 Å². The number of hydrogen-bond donors (Lipinski definition) is 0. The lowest BCUT2D eigenvalue weighted by atomic mass is 10.0. The van der Waals surface area contributed by atoms with E-state index in [0.29, 0.717) is 31.1 Å². The molecule has 0 bridgehead atoms. The maximum atomic E-state index is 14.0. The van der Waals surface area contributed by atoms with Gasteiger partial charge in [-0.1, -0.05) is 18.2 Å². The van der Waals surface area contributed by atoms with Gasteiger partial charge in [-0.3, -0.25) is 9.48 Å². The average Bonchev–Trinajstić information content (AvgIpc) is 3.11. The molecule has 3 heterocycles. The maximum absolute atomic E-state index is 14.0. The van der Waals surface area contributed by atoms with Gasteiger partial charge in [-0.25, -0.2) is 9.37 Å². The monoisotopic (exact) mass is 408 g/mol. The van der Waals surface area contributed by atoms with Gasteiger partial charge in [0.05, 0.1) is 6.42 Å². The minimum absolute atomic E-state index is 0.0585. The van der Waals surface area contributed by atoms with E-state index in [1.165, 1.54) is 6.07 Å². The molecule has 0 saturated carbocycles. The molecule has 2 aromatic heterocycles. The van der Waals surface area contributed by atoms with Gasteiger partial charge in [0.25, 0.3) is 0 Å². The summed E-state index contributed by atoms with van der Waals surface area (Å²) in [4.78, 5) is 18.8. The van der Waals surface area contributed by atoms with E-state index in [2.05, 4.69) is 11.9 Å². The zero-order valence-electron chi connectivity index (χ0n) is 17.3. The molecule has 6 nitrogen and oxygen atoms in total. The fraction of sp³-hybridized carbons (Fsp3) is 0.348. The van der Waals surface area contributed by atoms with Gasteiger partial charge in [-0.2, -0.15) is 5.10 Å². The molecule has 0 unspecified atom stereocenters. The summed E-state index contributed by atoms with van der Waals surface area (Å²) >= 11 is 0. The number of aryl methyl sites for hydroxylation is 2. The van der Waals surface area contributed by atoms with Crippen LogP contribution in [0.1, 0.15) is 35.0 Å². The van der Waals surface area contributed by atoms with Gasteiger partial charge in [0.2, 0.25) is 11.8 Å². The second kappa shape index (κ2) is 8.65. The van der Waals surface area contributed by atoms with Crippen LogP contribution in [0.25, 0.3) is 0 Å². The number of fused-ring (bicyclic) bond motifs is 1. The van der Waals surface area contributed by atoms with Crippen molar-refractivity contribution in [1.82, 2.24) is 19.7 Å². The SMILES string of the molecule is CCn1nc(COc2cc(C)ccn2)c2c1CCN(C(=O)Cc1ccccc1F)C2. The largest absolute Gasteiger partial charge is 0.471 e. The quantitative estimate of drug-likeness (QED) is 0.627. The van der Waals surface area contributed by atoms with Crippen LogP contribution in [0.15, 0.2) is 42.6 Å². The highest BCUT2D eigenvalue weighted by Crippen LogP contribution is 2.25. The molecule has 30 heavy (non-hydrogen) atoms. The molecule has 0 saturated heterocycles. The van der Waals surface area contributed by atoms with Crippen LogP contribution >= 0.6 is 0 Å². The van der Waals surface area contributed by atoms with Gasteiger partial charge in [-0.15, -0.1) is 0 Å². The van der Waals surface area contributed by atoms with Crippen molar-refractivity contribution < 1.29 is 13.9 Å². The van der Waals surface area contributed by atoms with Crippen molar-refractivity contribution in [3.8, 4) is 5.88 Å². The molecule has 0 spiro atoms. The summed E-state index contributed by atoms with van der Waals surface area (Å²) in [5.74, 6) is 0.127. The summed E-state index contributed by atoms with van der Waals surface area (Å²) in [6.45, 7) is 6.15. The summed E-state index contributed by atoms with van der Waals surface area (Å²) < 4.78 is 21.8. The van der Waals surface area contributed by atoms with Crippen molar-refractivity contribution in [3.05, 3.63) is 76.5 Å². The van der Waals surface area contributed by atoms with Crippen molar-refractivity contribution in [3.63, 3.8) is 0 Å². The Morgan fingerprint density at radius 3 is 2.87 bits per heavy atom. The van der Waals surface area contributed by atoms with Crippen LogP contribution in [0.3, 0.4) is 0 Å². The first-order chi connectivity index (χ1) is 14.5. The molecule has 3 aromatic rings. The number of carbonyl (C=O) groups is 1. The van der Waals surface area contributed by atoms with Crippen LogP contribution in [-0.2, 0) is 37.3 Å². The predicted octanol–water partition coefficient (Wildman–Crippen LogP) is 3.45. The molecule has 1 aliphatic rings. The van der Waals surface area contributed by atoms with Gasteiger partial charge in [0.1, 0.15) is 18.1 Å². The van der Waals surface area contributed by atoms with Crippen LogP contribution < -0.4 is 4.74 Å². The Kier molecular flexibility index (Phi) is 5.79. The van der Waals surface area contributed by atoms with Crippen molar-refractivity contribution in [2.45, 2.75) is 46.4 Å². The van der Waals surface area contributed by atoms with E-state index in [1.54, 1.807) is 29.3 Å². The predicted molar refractivity (Wildman–Crippen MR) is 110 cm³/mol. The molecule has 0 aliphatic carbocycles. The number of ether oxygens (including phenoxy) is 1. The molecule has 0 atom stereocenters. The fourth-order valence-electron chi connectivity index (χ4n) is 3.80. The molecule has 0 fully saturated rings. The number of rotatable bonds is 6. The number of amides is 1. The van der Waals surface area contributed by atoms with Crippen LogP contribution in [0, 0.1) is 12.7 Å². The second-order valence-corrected chi connectivity index (χ2v) is 7.48.